The lowest BCUT2D eigenvalue weighted by Crippen LogP contribution is -2.52. The van der Waals surface area contributed by atoms with Crippen molar-refractivity contribution in [2.24, 2.45) is 0 Å². The molecule has 1 atom stereocenters. The highest BCUT2D eigenvalue weighted by atomic mass is 16.2. The number of piperazine rings is 1. The monoisotopic (exact) mass is 196 g/mol. The zero-order chi connectivity index (χ0) is 10.4. The molecule has 0 bridgehead atoms. The molecular formula is C9H16N4O. The van der Waals surface area contributed by atoms with Crippen LogP contribution in [-0.4, -0.2) is 49.6 Å². The van der Waals surface area contributed by atoms with Crippen molar-refractivity contribution in [2.75, 3.05) is 32.7 Å². The number of hydrogen-bond acceptors (Lipinski definition) is 4. The molecule has 1 amide bonds. The van der Waals surface area contributed by atoms with Gasteiger partial charge in [-0.15, -0.1) is 0 Å². The number of hydrogen-bond donors (Lipinski definition) is 2. The van der Waals surface area contributed by atoms with E-state index in [-0.39, 0.29) is 18.5 Å². The lowest BCUT2D eigenvalue weighted by Gasteiger charge is -2.29. The predicted molar refractivity (Wildman–Crippen MR) is 52.5 cm³/mol. The maximum absolute atomic E-state index is 11.7. The molecule has 0 aromatic rings. The number of nitrogens with one attached hydrogen (secondary N) is 2. The quantitative estimate of drug-likeness (QED) is 0.563. The molecule has 0 radical (unpaired) electrons. The Labute approximate surface area is 84.1 Å². The fraction of sp³-hybridized carbons (Fsp3) is 0.778. The largest absolute Gasteiger partial charge is 0.339 e. The van der Waals surface area contributed by atoms with E-state index >= 15 is 0 Å². The first-order valence-electron chi connectivity index (χ1n) is 4.85. The van der Waals surface area contributed by atoms with Crippen LogP contribution in [0.15, 0.2) is 0 Å². The van der Waals surface area contributed by atoms with Gasteiger partial charge in [-0.25, -0.2) is 0 Å². The summed E-state index contributed by atoms with van der Waals surface area (Å²) in [5, 5.41) is 14.4. The molecule has 5 nitrogen and oxygen atoms in total. The van der Waals surface area contributed by atoms with Crippen molar-refractivity contribution in [1.29, 1.82) is 5.26 Å². The third-order valence-corrected chi connectivity index (χ3v) is 2.29. The Balaban J connectivity index is 2.35. The van der Waals surface area contributed by atoms with E-state index in [4.69, 9.17) is 5.26 Å². The van der Waals surface area contributed by atoms with Gasteiger partial charge in [0.1, 0.15) is 0 Å². The van der Waals surface area contributed by atoms with Gasteiger partial charge in [-0.05, 0) is 6.92 Å². The number of amides is 1. The van der Waals surface area contributed by atoms with Crippen LogP contribution in [0.4, 0.5) is 0 Å². The summed E-state index contributed by atoms with van der Waals surface area (Å²) in [6.07, 6.45) is 0. The van der Waals surface area contributed by atoms with Crippen LogP contribution < -0.4 is 10.6 Å². The zero-order valence-corrected chi connectivity index (χ0v) is 8.42. The molecule has 78 valence electrons. The van der Waals surface area contributed by atoms with Crippen LogP contribution >= 0.6 is 0 Å². The molecule has 0 aliphatic carbocycles. The average Bonchev–Trinajstić information content (AvgIpc) is 2.26. The van der Waals surface area contributed by atoms with Gasteiger partial charge in [0.25, 0.3) is 0 Å². The van der Waals surface area contributed by atoms with Crippen LogP contribution in [0.1, 0.15) is 6.92 Å². The standard InChI is InChI=1S/C9H16N4O/c1-8(12-3-2-10)9(14)13-6-4-11-5-7-13/h8,11-12H,3-7H2,1H3. The first-order chi connectivity index (χ1) is 6.75. The molecule has 1 fully saturated rings. The van der Waals surface area contributed by atoms with E-state index in [0.717, 1.165) is 26.2 Å². The first kappa shape index (κ1) is 11.0. The number of carbonyl (C=O) groups excluding carboxylic acids is 1. The highest BCUT2D eigenvalue weighted by molar-refractivity contribution is 5.81. The van der Waals surface area contributed by atoms with Crippen LogP contribution in [0.2, 0.25) is 0 Å². The summed E-state index contributed by atoms with van der Waals surface area (Å²) in [5.74, 6) is 0.0850. The van der Waals surface area contributed by atoms with E-state index in [0.29, 0.717) is 0 Å². The van der Waals surface area contributed by atoms with Crippen LogP contribution in [0, 0.1) is 11.3 Å². The van der Waals surface area contributed by atoms with Crippen molar-refractivity contribution in [1.82, 2.24) is 15.5 Å². The molecule has 0 aromatic carbocycles. The highest BCUT2D eigenvalue weighted by Crippen LogP contribution is 1.97. The van der Waals surface area contributed by atoms with Gasteiger partial charge in [-0.2, -0.15) is 5.26 Å². The molecule has 2 N–H and O–H groups in total. The molecule has 14 heavy (non-hydrogen) atoms. The van der Waals surface area contributed by atoms with Crippen LogP contribution in [-0.2, 0) is 4.79 Å². The van der Waals surface area contributed by atoms with Crippen LogP contribution in [0.3, 0.4) is 0 Å². The van der Waals surface area contributed by atoms with Gasteiger partial charge in [-0.1, -0.05) is 0 Å². The van der Waals surface area contributed by atoms with Crippen molar-refractivity contribution >= 4 is 5.91 Å². The maximum atomic E-state index is 11.7. The SMILES string of the molecule is CC(NCC#N)C(=O)N1CCNCC1. The lowest BCUT2D eigenvalue weighted by molar-refractivity contribution is -0.133. The molecular weight excluding hydrogens is 180 g/mol. The smallest absolute Gasteiger partial charge is 0.239 e. The molecule has 1 saturated heterocycles. The fourth-order valence-electron chi connectivity index (χ4n) is 1.45. The summed E-state index contributed by atoms with van der Waals surface area (Å²) in [5.41, 5.74) is 0. The van der Waals surface area contributed by atoms with Crippen molar-refractivity contribution in [2.45, 2.75) is 13.0 Å². The van der Waals surface area contributed by atoms with Gasteiger partial charge >= 0.3 is 0 Å². The van der Waals surface area contributed by atoms with E-state index in [1.54, 1.807) is 6.92 Å². The average molecular weight is 196 g/mol. The molecule has 1 unspecified atom stereocenters. The van der Waals surface area contributed by atoms with Crippen molar-refractivity contribution in [3.05, 3.63) is 0 Å². The molecule has 5 heteroatoms. The first-order valence-corrected chi connectivity index (χ1v) is 4.85. The molecule has 1 rings (SSSR count). The summed E-state index contributed by atoms with van der Waals surface area (Å²) >= 11 is 0. The van der Waals surface area contributed by atoms with Gasteiger partial charge in [-0.3, -0.25) is 10.1 Å². The van der Waals surface area contributed by atoms with Crippen LogP contribution in [0.5, 0.6) is 0 Å². The van der Waals surface area contributed by atoms with Gasteiger partial charge in [0.2, 0.25) is 5.91 Å². The summed E-state index contributed by atoms with van der Waals surface area (Å²) in [6.45, 7) is 5.25. The molecule has 1 heterocycles. The van der Waals surface area contributed by atoms with Gasteiger partial charge < -0.3 is 10.2 Å². The molecule has 0 saturated carbocycles. The number of carbonyl (C=O) groups is 1. The van der Waals surface area contributed by atoms with Crippen molar-refractivity contribution in [3.63, 3.8) is 0 Å². The Bertz CT molecular complexity index is 229. The van der Waals surface area contributed by atoms with E-state index < -0.39 is 0 Å². The Hall–Kier alpha value is -1.12. The lowest BCUT2D eigenvalue weighted by atomic mass is 10.2. The third-order valence-electron chi connectivity index (χ3n) is 2.29. The molecule has 1 aliphatic heterocycles. The number of rotatable bonds is 3. The van der Waals surface area contributed by atoms with Gasteiger partial charge in [0, 0.05) is 26.2 Å². The Kier molecular flexibility index (Phi) is 4.36. The second kappa shape index (κ2) is 5.58. The second-order valence-electron chi connectivity index (χ2n) is 3.34. The summed E-state index contributed by atoms with van der Waals surface area (Å²) in [4.78, 5) is 13.6. The van der Waals surface area contributed by atoms with Crippen molar-refractivity contribution < 1.29 is 4.79 Å². The van der Waals surface area contributed by atoms with Gasteiger partial charge in [0.15, 0.2) is 0 Å². The molecule has 1 aliphatic rings. The summed E-state index contributed by atoms with van der Waals surface area (Å²) in [6, 6.07) is 1.71. The number of nitriles is 1. The zero-order valence-electron chi connectivity index (χ0n) is 8.42. The van der Waals surface area contributed by atoms with E-state index in [1.165, 1.54) is 0 Å². The number of nitrogens with zero attached hydrogens (tertiary/aromatic N) is 2. The summed E-state index contributed by atoms with van der Waals surface area (Å²) < 4.78 is 0. The molecule has 0 aromatic heterocycles. The highest BCUT2D eigenvalue weighted by Gasteiger charge is 2.20. The summed E-state index contributed by atoms with van der Waals surface area (Å²) in [7, 11) is 0. The Morgan fingerprint density at radius 1 is 1.64 bits per heavy atom. The third kappa shape index (κ3) is 2.98. The molecule has 0 spiro atoms. The van der Waals surface area contributed by atoms with Crippen LogP contribution in [0.25, 0.3) is 0 Å². The Morgan fingerprint density at radius 2 is 2.29 bits per heavy atom. The van der Waals surface area contributed by atoms with E-state index in [9.17, 15) is 4.79 Å². The van der Waals surface area contributed by atoms with E-state index in [2.05, 4.69) is 10.6 Å². The predicted octanol–water partition coefficient (Wildman–Crippen LogP) is -1.08. The van der Waals surface area contributed by atoms with Gasteiger partial charge in [0.05, 0.1) is 18.7 Å². The Morgan fingerprint density at radius 3 is 2.86 bits per heavy atom. The fourth-order valence-corrected chi connectivity index (χ4v) is 1.45. The minimum atomic E-state index is -0.257. The second-order valence-corrected chi connectivity index (χ2v) is 3.34. The maximum Gasteiger partial charge on any atom is 0.239 e. The van der Waals surface area contributed by atoms with Crippen molar-refractivity contribution in [3.8, 4) is 6.07 Å². The normalized spacial score (nSPS) is 18.7. The van der Waals surface area contributed by atoms with E-state index in [1.807, 2.05) is 11.0 Å². The minimum absolute atomic E-state index is 0.0850. The topological polar surface area (TPSA) is 68.2 Å². The minimum Gasteiger partial charge on any atom is -0.339 e.